The molecule has 3 nitrogen and oxygen atoms in total. The van der Waals surface area contributed by atoms with Gasteiger partial charge in [-0.25, -0.2) is 8.78 Å². The van der Waals surface area contributed by atoms with Crippen LogP contribution in [0.4, 0.5) is 8.78 Å². The first-order valence-corrected chi connectivity index (χ1v) is 7.07. The van der Waals surface area contributed by atoms with E-state index in [2.05, 4.69) is 19.2 Å². The molecule has 0 bridgehead atoms. The van der Waals surface area contributed by atoms with Gasteiger partial charge in [-0.2, -0.15) is 0 Å². The Morgan fingerprint density at radius 2 is 1.95 bits per heavy atom. The molecule has 1 unspecified atom stereocenters. The largest absolute Gasteiger partial charge is 0.349 e. The smallest absolute Gasteiger partial charge is 0.248 e. The number of hydrogen-bond acceptors (Lipinski definition) is 2. The normalized spacial score (nSPS) is 23.1. The molecule has 1 fully saturated rings. The fraction of sp³-hybridized carbons (Fsp3) is 0.929. The van der Waals surface area contributed by atoms with Gasteiger partial charge < -0.3 is 11.1 Å². The summed E-state index contributed by atoms with van der Waals surface area (Å²) < 4.78 is 26.1. The zero-order valence-corrected chi connectivity index (χ0v) is 12.1. The molecular weight excluding hydrogens is 250 g/mol. The van der Waals surface area contributed by atoms with Crippen molar-refractivity contribution in [2.75, 3.05) is 6.54 Å². The van der Waals surface area contributed by atoms with Crippen molar-refractivity contribution >= 4 is 5.91 Å². The topological polar surface area (TPSA) is 55.1 Å². The molecule has 5 heteroatoms. The van der Waals surface area contributed by atoms with Crippen molar-refractivity contribution in [3.8, 4) is 0 Å². The Morgan fingerprint density at radius 1 is 1.42 bits per heavy atom. The number of hydrogen-bond donors (Lipinski definition) is 2. The van der Waals surface area contributed by atoms with E-state index in [1.54, 1.807) is 0 Å². The summed E-state index contributed by atoms with van der Waals surface area (Å²) in [5, 5.41) is 2.96. The molecule has 1 atom stereocenters. The van der Waals surface area contributed by atoms with Crippen molar-refractivity contribution in [3.63, 3.8) is 0 Å². The van der Waals surface area contributed by atoms with E-state index in [9.17, 15) is 13.6 Å². The quantitative estimate of drug-likeness (QED) is 0.811. The van der Waals surface area contributed by atoms with Crippen LogP contribution in [0.15, 0.2) is 0 Å². The Kier molecular flexibility index (Phi) is 5.30. The Balaban J connectivity index is 2.54. The highest BCUT2D eigenvalue weighted by atomic mass is 19.3. The summed E-state index contributed by atoms with van der Waals surface area (Å²) in [6.45, 7) is 6.42. The Morgan fingerprint density at radius 3 is 2.37 bits per heavy atom. The molecule has 1 aliphatic rings. The van der Waals surface area contributed by atoms with E-state index in [1.165, 1.54) is 0 Å². The minimum absolute atomic E-state index is 0.121. The average Bonchev–Trinajstić information content (AvgIpc) is 2.27. The van der Waals surface area contributed by atoms with E-state index in [0.29, 0.717) is 12.5 Å². The standard InChI is InChI=1S/C14H26F2N2O/c1-10(2)8-13(3,9-17)18-12(19)11-4-6-14(15,16)7-5-11/h10-11H,4-9,17H2,1-3H3,(H,18,19). The molecule has 1 amide bonds. The maximum atomic E-state index is 13.1. The molecule has 1 saturated carbocycles. The molecule has 0 aromatic rings. The van der Waals surface area contributed by atoms with Gasteiger partial charge in [0.2, 0.25) is 11.8 Å². The summed E-state index contributed by atoms with van der Waals surface area (Å²) in [7, 11) is 0. The van der Waals surface area contributed by atoms with Crippen LogP contribution in [0.2, 0.25) is 0 Å². The van der Waals surface area contributed by atoms with Crippen LogP contribution in [-0.2, 0) is 4.79 Å². The van der Waals surface area contributed by atoms with Crippen LogP contribution >= 0.6 is 0 Å². The van der Waals surface area contributed by atoms with Crippen molar-refractivity contribution in [2.24, 2.45) is 17.6 Å². The molecule has 0 radical (unpaired) electrons. The van der Waals surface area contributed by atoms with Crippen LogP contribution in [0.3, 0.4) is 0 Å². The number of rotatable bonds is 5. The van der Waals surface area contributed by atoms with E-state index in [1.807, 2.05) is 6.92 Å². The average molecular weight is 276 g/mol. The molecule has 0 aliphatic heterocycles. The van der Waals surface area contributed by atoms with Crippen LogP contribution in [0.5, 0.6) is 0 Å². The van der Waals surface area contributed by atoms with Gasteiger partial charge >= 0.3 is 0 Å². The Bertz CT molecular complexity index is 311. The second-order valence-electron chi connectivity index (χ2n) is 6.48. The highest BCUT2D eigenvalue weighted by molar-refractivity contribution is 5.79. The lowest BCUT2D eigenvalue weighted by atomic mass is 9.84. The lowest BCUT2D eigenvalue weighted by Gasteiger charge is -2.34. The summed E-state index contributed by atoms with van der Waals surface area (Å²) in [6.07, 6.45) is 0.948. The van der Waals surface area contributed by atoms with Crippen LogP contribution in [0.1, 0.15) is 52.9 Å². The molecule has 19 heavy (non-hydrogen) atoms. The first-order valence-electron chi connectivity index (χ1n) is 7.07. The predicted octanol–water partition coefficient (Wildman–Crippen LogP) is 2.69. The third-order valence-corrected chi connectivity index (χ3v) is 3.82. The van der Waals surface area contributed by atoms with Gasteiger partial charge in [0.05, 0.1) is 0 Å². The number of alkyl halides is 2. The van der Waals surface area contributed by atoms with Crippen LogP contribution in [-0.4, -0.2) is 23.9 Å². The molecule has 0 aromatic carbocycles. The summed E-state index contributed by atoms with van der Waals surface area (Å²) in [4.78, 5) is 12.2. The molecule has 0 spiro atoms. The summed E-state index contributed by atoms with van der Waals surface area (Å²) in [5.74, 6) is -2.59. The molecule has 0 heterocycles. The zero-order chi connectivity index (χ0) is 14.7. The highest BCUT2D eigenvalue weighted by Gasteiger charge is 2.38. The van der Waals surface area contributed by atoms with Gasteiger partial charge in [0.1, 0.15) is 0 Å². The molecule has 0 aromatic heterocycles. The SMILES string of the molecule is CC(C)CC(C)(CN)NC(=O)C1CCC(F)(F)CC1. The minimum atomic E-state index is -2.59. The number of nitrogens with two attached hydrogens (primary N) is 1. The maximum Gasteiger partial charge on any atom is 0.248 e. The van der Waals surface area contributed by atoms with Crippen molar-refractivity contribution < 1.29 is 13.6 Å². The first-order chi connectivity index (χ1) is 8.67. The van der Waals surface area contributed by atoms with Crippen molar-refractivity contribution in [3.05, 3.63) is 0 Å². The molecule has 112 valence electrons. The van der Waals surface area contributed by atoms with E-state index < -0.39 is 11.5 Å². The maximum absolute atomic E-state index is 13.1. The van der Waals surface area contributed by atoms with Gasteiger partial charge in [-0.3, -0.25) is 4.79 Å². The van der Waals surface area contributed by atoms with Crippen LogP contribution < -0.4 is 11.1 Å². The number of amides is 1. The minimum Gasteiger partial charge on any atom is -0.349 e. The van der Waals surface area contributed by atoms with Gasteiger partial charge in [-0.05, 0) is 32.1 Å². The lowest BCUT2D eigenvalue weighted by molar-refractivity contribution is -0.131. The zero-order valence-electron chi connectivity index (χ0n) is 12.1. The van der Waals surface area contributed by atoms with Crippen molar-refractivity contribution in [1.82, 2.24) is 5.32 Å². The third-order valence-electron chi connectivity index (χ3n) is 3.82. The number of nitrogens with one attached hydrogen (secondary N) is 1. The summed E-state index contributed by atoms with van der Waals surface area (Å²) in [5.41, 5.74) is 5.30. The Hall–Kier alpha value is -0.710. The van der Waals surface area contributed by atoms with Gasteiger partial charge in [0.15, 0.2) is 0 Å². The van der Waals surface area contributed by atoms with Crippen molar-refractivity contribution in [2.45, 2.75) is 64.3 Å². The van der Waals surface area contributed by atoms with Gasteiger partial charge in [0.25, 0.3) is 0 Å². The fourth-order valence-electron chi connectivity index (χ4n) is 2.79. The van der Waals surface area contributed by atoms with E-state index in [-0.39, 0.29) is 37.5 Å². The van der Waals surface area contributed by atoms with Crippen LogP contribution in [0, 0.1) is 11.8 Å². The summed E-state index contributed by atoms with van der Waals surface area (Å²) >= 11 is 0. The molecule has 0 saturated heterocycles. The number of carbonyl (C=O) groups is 1. The second kappa shape index (κ2) is 6.16. The third kappa shape index (κ3) is 5.05. The van der Waals surface area contributed by atoms with Gasteiger partial charge in [0, 0.05) is 30.8 Å². The predicted molar refractivity (Wildman–Crippen MR) is 72.0 cm³/mol. The molecule has 1 aliphatic carbocycles. The highest BCUT2D eigenvalue weighted by Crippen LogP contribution is 2.36. The van der Waals surface area contributed by atoms with Gasteiger partial charge in [-0.1, -0.05) is 13.8 Å². The lowest BCUT2D eigenvalue weighted by Crippen LogP contribution is -2.54. The van der Waals surface area contributed by atoms with E-state index in [0.717, 1.165) is 6.42 Å². The number of halogens is 2. The number of carbonyl (C=O) groups excluding carboxylic acids is 1. The van der Waals surface area contributed by atoms with Crippen LogP contribution in [0.25, 0.3) is 0 Å². The Labute approximate surface area is 114 Å². The molecule has 3 N–H and O–H groups in total. The summed E-state index contributed by atoms with van der Waals surface area (Å²) in [6, 6.07) is 0. The first kappa shape index (κ1) is 16.3. The molecular formula is C14H26F2N2O. The van der Waals surface area contributed by atoms with Gasteiger partial charge in [-0.15, -0.1) is 0 Å². The monoisotopic (exact) mass is 276 g/mol. The fourth-order valence-corrected chi connectivity index (χ4v) is 2.79. The second-order valence-corrected chi connectivity index (χ2v) is 6.48. The van der Waals surface area contributed by atoms with E-state index in [4.69, 9.17) is 5.73 Å². The van der Waals surface area contributed by atoms with Crippen molar-refractivity contribution in [1.29, 1.82) is 0 Å². The van der Waals surface area contributed by atoms with E-state index >= 15 is 0 Å². The molecule has 1 rings (SSSR count).